The predicted molar refractivity (Wildman–Crippen MR) is 129 cm³/mol. The minimum Gasteiger partial charge on any atom is -0.494 e. The van der Waals surface area contributed by atoms with Gasteiger partial charge in [-0.05, 0) is 67.3 Å². The fourth-order valence-corrected chi connectivity index (χ4v) is 3.58. The Morgan fingerprint density at radius 2 is 1.97 bits per heavy atom. The zero-order valence-electron chi connectivity index (χ0n) is 19.2. The van der Waals surface area contributed by atoms with Crippen LogP contribution in [0, 0.1) is 6.92 Å². The third-order valence-electron chi connectivity index (χ3n) is 5.34. The second kappa shape index (κ2) is 10.7. The highest BCUT2D eigenvalue weighted by Gasteiger charge is 2.15. The number of methoxy groups -OCH3 is 1. The van der Waals surface area contributed by atoms with E-state index in [1.165, 1.54) is 0 Å². The second-order valence-corrected chi connectivity index (χ2v) is 8.01. The number of fused-ring (bicyclic) bond motifs is 1. The van der Waals surface area contributed by atoms with Crippen LogP contribution >= 0.6 is 0 Å². The number of amides is 2. The van der Waals surface area contributed by atoms with Crippen molar-refractivity contribution in [1.29, 1.82) is 0 Å². The smallest absolute Gasteiger partial charge is 0.224 e. The normalized spacial score (nSPS) is 12.4. The Kier molecular flexibility index (Phi) is 7.27. The average molecular weight is 462 g/mol. The maximum absolute atomic E-state index is 12.3. The van der Waals surface area contributed by atoms with Gasteiger partial charge in [0.2, 0.25) is 17.7 Å². The van der Waals surface area contributed by atoms with Crippen LogP contribution in [-0.4, -0.2) is 30.5 Å². The van der Waals surface area contributed by atoms with Gasteiger partial charge in [-0.15, -0.1) is 0 Å². The van der Waals surface area contributed by atoms with Gasteiger partial charge in [0.1, 0.15) is 5.75 Å². The number of benzene rings is 2. The first kappa shape index (κ1) is 23.1. The summed E-state index contributed by atoms with van der Waals surface area (Å²) in [6.45, 7) is 2.39. The van der Waals surface area contributed by atoms with Gasteiger partial charge in [0.25, 0.3) is 0 Å². The van der Waals surface area contributed by atoms with Crippen LogP contribution in [0.25, 0.3) is 0 Å². The van der Waals surface area contributed by atoms with Gasteiger partial charge in [-0.2, -0.15) is 0 Å². The molecule has 2 amide bonds. The molecule has 0 atom stereocenters. The molecule has 3 aromatic rings. The average Bonchev–Trinajstić information content (AvgIpc) is 2.84. The molecule has 0 saturated heterocycles. The largest absolute Gasteiger partial charge is 0.494 e. The van der Waals surface area contributed by atoms with Crippen LogP contribution in [0.3, 0.4) is 0 Å². The quantitative estimate of drug-likeness (QED) is 0.441. The molecule has 0 radical (unpaired) electrons. The molecule has 0 spiro atoms. The number of rotatable bonds is 9. The van der Waals surface area contributed by atoms with Crippen molar-refractivity contribution in [2.24, 2.45) is 0 Å². The third-order valence-corrected chi connectivity index (χ3v) is 5.34. The van der Waals surface area contributed by atoms with Crippen LogP contribution in [0.4, 0.5) is 11.4 Å². The monoisotopic (exact) mass is 461 g/mol. The maximum Gasteiger partial charge on any atom is 0.224 e. The molecule has 0 unspecified atom stereocenters. The van der Waals surface area contributed by atoms with Gasteiger partial charge in [0, 0.05) is 24.6 Å². The van der Waals surface area contributed by atoms with Crippen LogP contribution in [0.15, 0.2) is 54.7 Å². The number of nitrogens with zero attached hydrogens (tertiary/aromatic N) is 1. The molecule has 1 aliphatic rings. The van der Waals surface area contributed by atoms with Crippen molar-refractivity contribution in [2.45, 2.75) is 32.6 Å². The van der Waals surface area contributed by atoms with E-state index in [1.807, 2.05) is 43.3 Å². The summed E-state index contributed by atoms with van der Waals surface area (Å²) < 4.78 is 16.9. The van der Waals surface area contributed by atoms with Crippen molar-refractivity contribution in [2.75, 3.05) is 24.4 Å². The maximum atomic E-state index is 12.3. The van der Waals surface area contributed by atoms with Crippen molar-refractivity contribution >= 4 is 23.2 Å². The number of hydrogen-bond acceptors (Lipinski definition) is 6. The Morgan fingerprint density at radius 1 is 1.09 bits per heavy atom. The summed E-state index contributed by atoms with van der Waals surface area (Å²) in [5.41, 5.74) is 3.56. The van der Waals surface area contributed by atoms with Crippen molar-refractivity contribution in [1.82, 2.24) is 4.98 Å². The van der Waals surface area contributed by atoms with E-state index < -0.39 is 0 Å². The standard InChI is InChI=1S/C26H27N3O5/c1-17-5-10-22(23(14-17)32-2)34-26-12-7-19(16-27-26)28-24(30)4-3-13-33-20-8-9-21-18(15-20)6-11-25(31)29-21/h5,7-10,12,14-16H,3-4,6,11,13H2,1-2H3,(H,28,30)(H,29,31). The number of ether oxygens (including phenoxy) is 3. The lowest BCUT2D eigenvalue weighted by atomic mass is 10.0. The lowest BCUT2D eigenvalue weighted by Gasteiger charge is -2.17. The van der Waals surface area contributed by atoms with Crippen LogP contribution in [-0.2, 0) is 16.0 Å². The van der Waals surface area contributed by atoms with Gasteiger partial charge < -0.3 is 24.8 Å². The highest BCUT2D eigenvalue weighted by molar-refractivity contribution is 5.94. The molecule has 4 rings (SSSR count). The molecular weight excluding hydrogens is 434 g/mol. The first-order valence-corrected chi connectivity index (χ1v) is 11.1. The first-order valence-electron chi connectivity index (χ1n) is 11.1. The molecule has 176 valence electrons. The van der Waals surface area contributed by atoms with Gasteiger partial charge in [0.05, 0.1) is 25.6 Å². The lowest BCUT2D eigenvalue weighted by molar-refractivity contribution is -0.117. The van der Waals surface area contributed by atoms with Gasteiger partial charge >= 0.3 is 0 Å². The van der Waals surface area contributed by atoms with Crippen molar-refractivity contribution in [3.8, 4) is 23.1 Å². The number of anilines is 2. The summed E-state index contributed by atoms with van der Waals surface area (Å²) in [6.07, 6.45) is 3.63. The molecule has 1 aromatic heterocycles. The summed E-state index contributed by atoms with van der Waals surface area (Å²) in [6, 6.07) is 14.7. The zero-order chi connectivity index (χ0) is 23.9. The van der Waals surface area contributed by atoms with Crippen molar-refractivity contribution in [3.05, 3.63) is 65.9 Å². The molecule has 8 nitrogen and oxygen atoms in total. The number of carbonyl (C=O) groups excluding carboxylic acids is 2. The Labute approximate surface area is 198 Å². The Balaban J connectivity index is 1.21. The van der Waals surface area contributed by atoms with E-state index in [1.54, 1.807) is 25.4 Å². The molecule has 2 N–H and O–H groups in total. The number of hydrogen-bond donors (Lipinski definition) is 2. The number of nitrogens with one attached hydrogen (secondary N) is 2. The van der Waals surface area contributed by atoms with Gasteiger partial charge in [-0.1, -0.05) is 6.07 Å². The van der Waals surface area contributed by atoms with Crippen LogP contribution in [0.5, 0.6) is 23.1 Å². The van der Waals surface area contributed by atoms with E-state index in [4.69, 9.17) is 14.2 Å². The molecule has 1 aliphatic heterocycles. The van der Waals surface area contributed by atoms with E-state index in [-0.39, 0.29) is 11.8 Å². The molecule has 8 heteroatoms. The van der Waals surface area contributed by atoms with Gasteiger partial charge in [0.15, 0.2) is 11.5 Å². The summed E-state index contributed by atoms with van der Waals surface area (Å²) >= 11 is 0. The van der Waals surface area contributed by atoms with E-state index in [0.717, 1.165) is 22.6 Å². The highest BCUT2D eigenvalue weighted by Crippen LogP contribution is 2.31. The first-order chi connectivity index (χ1) is 16.5. The summed E-state index contributed by atoms with van der Waals surface area (Å²) in [5, 5.41) is 5.68. The number of pyridine rings is 1. The minimum absolute atomic E-state index is 0.0380. The number of carbonyl (C=O) groups is 2. The third kappa shape index (κ3) is 6.04. The topological polar surface area (TPSA) is 98.8 Å². The summed E-state index contributed by atoms with van der Waals surface area (Å²) in [4.78, 5) is 28.0. The van der Waals surface area contributed by atoms with Gasteiger partial charge in [-0.25, -0.2) is 4.98 Å². The van der Waals surface area contributed by atoms with Crippen LogP contribution in [0.1, 0.15) is 30.4 Å². The summed E-state index contributed by atoms with van der Waals surface area (Å²) in [7, 11) is 1.59. The molecule has 0 fully saturated rings. The molecule has 2 aromatic carbocycles. The second-order valence-electron chi connectivity index (χ2n) is 8.01. The van der Waals surface area contributed by atoms with E-state index in [0.29, 0.717) is 55.4 Å². The highest BCUT2D eigenvalue weighted by atomic mass is 16.5. The van der Waals surface area contributed by atoms with E-state index in [2.05, 4.69) is 15.6 Å². The Bertz CT molecular complexity index is 1180. The van der Waals surface area contributed by atoms with Crippen LogP contribution < -0.4 is 24.8 Å². The molecular formula is C26H27N3O5. The molecule has 0 aliphatic carbocycles. The molecule has 2 heterocycles. The molecule has 0 bridgehead atoms. The number of aryl methyl sites for hydroxylation is 2. The summed E-state index contributed by atoms with van der Waals surface area (Å²) in [5.74, 6) is 2.26. The minimum atomic E-state index is -0.118. The van der Waals surface area contributed by atoms with Crippen molar-refractivity contribution < 1.29 is 23.8 Å². The fraction of sp³-hybridized carbons (Fsp3) is 0.269. The zero-order valence-corrected chi connectivity index (χ0v) is 19.2. The fourth-order valence-electron chi connectivity index (χ4n) is 3.58. The lowest BCUT2D eigenvalue weighted by Crippen LogP contribution is -2.18. The Morgan fingerprint density at radius 3 is 2.76 bits per heavy atom. The van der Waals surface area contributed by atoms with E-state index in [9.17, 15) is 9.59 Å². The molecule has 0 saturated carbocycles. The molecule has 34 heavy (non-hydrogen) atoms. The van der Waals surface area contributed by atoms with Crippen LogP contribution in [0.2, 0.25) is 0 Å². The van der Waals surface area contributed by atoms with Crippen molar-refractivity contribution in [3.63, 3.8) is 0 Å². The Hall–Kier alpha value is -4.07. The predicted octanol–water partition coefficient (Wildman–Crippen LogP) is 4.87. The van der Waals surface area contributed by atoms with E-state index >= 15 is 0 Å². The van der Waals surface area contributed by atoms with Gasteiger partial charge in [-0.3, -0.25) is 9.59 Å². The SMILES string of the molecule is COc1cc(C)ccc1Oc1ccc(NC(=O)CCCOc2ccc3c(c2)CCC(=O)N3)cn1. The number of aromatic nitrogens is 1.